The van der Waals surface area contributed by atoms with E-state index in [2.05, 4.69) is 5.32 Å². The van der Waals surface area contributed by atoms with E-state index in [-0.39, 0.29) is 5.78 Å². The van der Waals surface area contributed by atoms with Crippen molar-refractivity contribution in [2.45, 2.75) is 26.9 Å². The zero-order valence-corrected chi connectivity index (χ0v) is 17.4. The molecule has 158 valence electrons. The van der Waals surface area contributed by atoms with Crippen molar-refractivity contribution in [2.24, 2.45) is 0 Å². The van der Waals surface area contributed by atoms with E-state index in [4.69, 9.17) is 14.2 Å². The first kappa shape index (κ1) is 22.7. The molecule has 7 heteroatoms. The van der Waals surface area contributed by atoms with Gasteiger partial charge < -0.3 is 19.5 Å². The summed E-state index contributed by atoms with van der Waals surface area (Å²) < 4.78 is 15.9. The number of rotatable bonds is 9. The summed E-state index contributed by atoms with van der Waals surface area (Å²) in [7, 11) is 1.54. The first-order valence-corrected chi connectivity index (χ1v) is 9.45. The molecule has 0 heterocycles. The summed E-state index contributed by atoms with van der Waals surface area (Å²) in [6.45, 7) is 5.33. The van der Waals surface area contributed by atoms with E-state index in [1.807, 2.05) is 6.92 Å². The zero-order valence-electron chi connectivity index (χ0n) is 17.4. The van der Waals surface area contributed by atoms with E-state index in [1.54, 1.807) is 48.5 Å². The predicted octanol–water partition coefficient (Wildman–Crippen LogP) is 3.88. The van der Waals surface area contributed by atoms with Gasteiger partial charge in [-0.3, -0.25) is 9.59 Å². The second kappa shape index (κ2) is 10.8. The van der Waals surface area contributed by atoms with E-state index in [0.29, 0.717) is 29.4 Å². The third-order valence-electron chi connectivity index (χ3n) is 4.12. The summed E-state index contributed by atoms with van der Waals surface area (Å²) in [5.41, 5.74) is 1.77. The number of hydrogen-bond donors (Lipinski definition) is 1. The van der Waals surface area contributed by atoms with Crippen molar-refractivity contribution < 1.29 is 28.6 Å². The summed E-state index contributed by atoms with van der Waals surface area (Å²) in [6, 6.07) is 11.7. The molecule has 0 saturated carbocycles. The van der Waals surface area contributed by atoms with Crippen LogP contribution in [0.4, 0.5) is 5.69 Å². The third-order valence-corrected chi connectivity index (χ3v) is 4.12. The number of anilines is 1. The Morgan fingerprint density at radius 3 is 2.37 bits per heavy atom. The van der Waals surface area contributed by atoms with Gasteiger partial charge in [-0.25, -0.2) is 4.79 Å². The molecule has 1 atom stereocenters. The summed E-state index contributed by atoms with van der Waals surface area (Å²) >= 11 is 0. The standard InChI is InChI=1S/C23H25NO6/c1-5-29-20-12-6-17(14-21(20)28-4)7-13-22(26)30-16(3)23(27)24-19-10-8-18(9-11-19)15(2)25/h6-14,16H,5H2,1-4H3,(H,24,27). The minimum absolute atomic E-state index is 0.0629. The smallest absolute Gasteiger partial charge is 0.331 e. The molecule has 0 aliphatic rings. The minimum atomic E-state index is -0.996. The highest BCUT2D eigenvalue weighted by Crippen LogP contribution is 2.28. The van der Waals surface area contributed by atoms with Crippen molar-refractivity contribution in [3.63, 3.8) is 0 Å². The number of methoxy groups -OCH3 is 1. The van der Waals surface area contributed by atoms with Crippen LogP contribution < -0.4 is 14.8 Å². The van der Waals surface area contributed by atoms with Crippen LogP contribution in [-0.2, 0) is 14.3 Å². The zero-order chi connectivity index (χ0) is 22.1. The molecule has 1 unspecified atom stereocenters. The fraction of sp³-hybridized carbons (Fsp3) is 0.261. The number of amides is 1. The molecule has 2 aromatic carbocycles. The molecule has 30 heavy (non-hydrogen) atoms. The summed E-state index contributed by atoms with van der Waals surface area (Å²) in [5, 5.41) is 2.64. The van der Waals surface area contributed by atoms with Gasteiger partial charge in [-0.15, -0.1) is 0 Å². The number of benzene rings is 2. The molecule has 0 bridgehead atoms. The molecule has 2 aromatic rings. The molecule has 0 aliphatic heterocycles. The molecular formula is C23H25NO6. The van der Waals surface area contributed by atoms with Crippen LogP contribution in [0.2, 0.25) is 0 Å². The lowest BCUT2D eigenvalue weighted by Crippen LogP contribution is -2.29. The van der Waals surface area contributed by atoms with Crippen LogP contribution in [-0.4, -0.2) is 37.5 Å². The van der Waals surface area contributed by atoms with Crippen LogP contribution in [0.15, 0.2) is 48.5 Å². The van der Waals surface area contributed by atoms with Gasteiger partial charge in [0.1, 0.15) is 0 Å². The monoisotopic (exact) mass is 411 g/mol. The van der Waals surface area contributed by atoms with Gasteiger partial charge >= 0.3 is 5.97 Å². The number of hydrogen-bond acceptors (Lipinski definition) is 6. The predicted molar refractivity (Wildman–Crippen MR) is 114 cm³/mol. The van der Waals surface area contributed by atoms with Crippen molar-refractivity contribution in [1.82, 2.24) is 0 Å². The Morgan fingerprint density at radius 1 is 1.07 bits per heavy atom. The summed E-state index contributed by atoms with van der Waals surface area (Å²) in [5.74, 6) is -0.0307. The minimum Gasteiger partial charge on any atom is -0.493 e. The maximum absolute atomic E-state index is 12.2. The maximum atomic E-state index is 12.2. The summed E-state index contributed by atoms with van der Waals surface area (Å²) in [6.07, 6.45) is 1.80. The summed E-state index contributed by atoms with van der Waals surface area (Å²) in [4.78, 5) is 35.5. The van der Waals surface area contributed by atoms with Crippen LogP contribution in [0.25, 0.3) is 6.08 Å². The largest absolute Gasteiger partial charge is 0.493 e. The van der Waals surface area contributed by atoms with E-state index in [9.17, 15) is 14.4 Å². The van der Waals surface area contributed by atoms with E-state index >= 15 is 0 Å². The molecular weight excluding hydrogens is 386 g/mol. The van der Waals surface area contributed by atoms with Gasteiger partial charge in [0.25, 0.3) is 5.91 Å². The number of nitrogens with one attached hydrogen (secondary N) is 1. The number of ether oxygens (including phenoxy) is 3. The van der Waals surface area contributed by atoms with Gasteiger partial charge in [-0.1, -0.05) is 6.07 Å². The second-order valence-electron chi connectivity index (χ2n) is 6.38. The fourth-order valence-corrected chi connectivity index (χ4v) is 2.53. The van der Waals surface area contributed by atoms with Crippen LogP contribution in [0.1, 0.15) is 36.7 Å². The van der Waals surface area contributed by atoms with Crippen molar-refractivity contribution >= 4 is 29.4 Å². The van der Waals surface area contributed by atoms with Crippen LogP contribution in [0, 0.1) is 0 Å². The van der Waals surface area contributed by atoms with Gasteiger partial charge in [0.05, 0.1) is 13.7 Å². The molecule has 0 radical (unpaired) electrons. The molecule has 0 saturated heterocycles. The average molecular weight is 411 g/mol. The SMILES string of the molecule is CCOc1ccc(C=CC(=O)OC(C)C(=O)Nc2ccc(C(C)=O)cc2)cc1OC. The van der Waals surface area contributed by atoms with E-state index < -0.39 is 18.0 Å². The molecule has 7 nitrogen and oxygen atoms in total. The lowest BCUT2D eigenvalue weighted by Gasteiger charge is -2.12. The van der Waals surface area contributed by atoms with Gasteiger partial charge in [0.15, 0.2) is 23.4 Å². The quantitative estimate of drug-likeness (QED) is 0.383. The van der Waals surface area contributed by atoms with Crippen LogP contribution in [0.5, 0.6) is 11.5 Å². The molecule has 1 amide bonds. The second-order valence-corrected chi connectivity index (χ2v) is 6.38. The van der Waals surface area contributed by atoms with Crippen molar-refractivity contribution in [3.05, 3.63) is 59.7 Å². The number of esters is 1. The fourth-order valence-electron chi connectivity index (χ4n) is 2.53. The van der Waals surface area contributed by atoms with Crippen molar-refractivity contribution in [1.29, 1.82) is 0 Å². The number of ketones is 1. The van der Waals surface area contributed by atoms with Gasteiger partial charge in [0, 0.05) is 17.3 Å². The van der Waals surface area contributed by atoms with Gasteiger partial charge in [0.2, 0.25) is 0 Å². The maximum Gasteiger partial charge on any atom is 0.331 e. The van der Waals surface area contributed by atoms with E-state index in [0.717, 1.165) is 5.56 Å². The topological polar surface area (TPSA) is 90.9 Å². The Labute approximate surface area is 175 Å². The highest BCUT2D eigenvalue weighted by atomic mass is 16.5. The Hall–Kier alpha value is -3.61. The lowest BCUT2D eigenvalue weighted by molar-refractivity contribution is -0.148. The number of carbonyl (C=O) groups is 3. The van der Waals surface area contributed by atoms with Crippen LogP contribution in [0.3, 0.4) is 0 Å². The first-order valence-electron chi connectivity index (χ1n) is 9.45. The molecule has 2 rings (SSSR count). The van der Waals surface area contributed by atoms with Crippen molar-refractivity contribution in [2.75, 3.05) is 19.0 Å². The Bertz CT molecular complexity index is 933. The number of carbonyl (C=O) groups excluding carboxylic acids is 3. The molecule has 0 spiro atoms. The highest BCUT2D eigenvalue weighted by molar-refractivity contribution is 5.98. The first-order chi connectivity index (χ1) is 14.3. The normalized spacial score (nSPS) is 11.6. The third kappa shape index (κ3) is 6.48. The highest BCUT2D eigenvalue weighted by Gasteiger charge is 2.17. The lowest BCUT2D eigenvalue weighted by atomic mass is 10.1. The molecule has 1 N–H and O–H groups in total. The van der Waals surface area contributed by atoms with Gasteiger partial charge in [-0.2, -0.15) is 0 Å². The molecule has 0 fully saturated rings. The molecule has 0 aliphatic carbocycles. The van der Waals surface area contributed by atoms with E-state index in [1.165, 1.54) is 27.0 Å². The Morgan fingerprint density at radius 2 is 1.77 bits per heavy atom. The number of Topliss-reactive ketones (excluding diaryl/α,β-unsaturated/α-hetero) is 1. The van der Waals surface area contributed by atoms with Gasteiger partial charge in [-0.05, 0) is 68.8 Å². The Balaban J connectivity index is 1.93. The average Bonchev–Trinajstić information content (AvgIpc) is 2.73. The Kier molecular flexibility index (Phi) is 8.17. The van der Waals surface area contributed by atoms with Crippen LogP contribution >= 0.6 is 0 Å². The molecule has 0 aromatic heterocycles. The van der Waals surface area contributed by atoms with Crippen molar-refractivity contribution in [3.8, 4) is 11.5 Å².